The molecule has 2 amide bonds. The van der Waals surface area contributed by atoms with Crippen LogP contribution in [0.4, 0.5) is 5.69 Å². The second-order valence-corrected chi connectivity index (χ2v) is 7.53. The monoisotopic (exact) mass is 431 g/mol. The lowest BCUT2D eigenvalue weighted by Gasteiger charge is -2.31. The summed E-state index contributed by atoms with van der Waals surface area (Å²) in [6, 6.07) is 12.3. The number of carbonyl (C=O) groups excluding carboxylic acids is 2. The Morgan fingerprint density at radius 2 is 1.77 bits per heavy atom. The molecule has 0 spiro atoms. The van der Waals surface area contributed by atoms with E-state index in [2.05, 4.69) is 15.5 Å². The van der Waals surface area contributed by atoms with E-state index in [1.165, 1.54) is 7.11 Å². The van der Waals surface area contributed by atoms with Crippen LogP contribution in [0.2, 0.25) is 5.02 Å². The number of piperidine rings is 1. The smallest absolute Gasteiger partial charge is 0.251 e. The molecule has 0 aromatic heterocycles. The van der Waals surface area contributed by atoms with Crippen LogP contribution < -0.4 is 20.1 Å². The van der Waals surface area contributed by atoms with Crippen molar-refractivity contribution in [3.8, 4) is 11.5 Å². The molecule has 0 bridgehead atoms. The van der Waals surface area contributed by atoms with Crippen LogP contribution in [-0.2, 0) is 4.79 Å². The number of nitrogens with one attached hydrogen (secondary N) is 2. The van der Waals surface area contributed by atoms with Gasteiger partial charge in [0.25, 0.3) is 5.91 Å². The minimum absolute atomic E-state index is 0.0634. The van der Waals surface area contributed by atoms with Crippen molar-refractivity contribution in [2.75, 3.05) is 39.2 Å². The van der Waals surface area contributed by atoms with E-state index in [1.807, 2.05) is 12.1 Å². The lowest BCUT2D eigenvalue weighted by atomic mass is 10.0. The highest BCUT2D eigenvalue weighted by Crippen LogP contribution is 2.27. The Kier molecular flexibility index (Phi) is 7.54. The van der Waals surface area contributed by atoms with Crippen molar-refractivity contribution in [3.63, 3.8) is 0 Å². The number of rotatable bonds is 7. The predicted octanol–water partition coefficient (Wildman–Crippen LogP) is 3.19. The molecule has 1 fully saturated rings. The van der Waals surface area contributed by atoms with Crippen molar-refractivity contribution in [1.82, 2.24) is 10.2 Å². The lowest BCUT2D eigenvalue weighted by Crippen LogP contribution is -2.46. The third kappa shape index (κ3) is 5.64. The third-order valence-electron chi connectivity index (χ3n) is 5.08. The Morgan fingerprint density at radius 3 is 2.43 bits per heavy atom. The first-order valence-corrected chi connectivity index (χ1v) is 10.2. The van der Waals surface area contributed by atoms with Gasteiger partial charge in [-0.05, 0) is 43.2 Å². The summed E-state index contributed by atoms with van der Waals surface area (Å²) in [6.45, 7) is 1.75. The second kappa shape index (κ2) is 10.3. The van der Waals surface area contributed by atoms with Crippen molar-refractivity contribution in [2.45, 2.75) is 18.9 Å². The molecule has 0 aliphatic carbocycles. The first-order chi connectivity index (χ1) is 14.5. The number of likely N-dealkylation sites (tertiary alicyclic amines) is 1. The van der Waals surface area contributed by atoms with Gasteiger partial charge in [-0.15, -0.1) is 0 Å². The van der Waals surface area contributed by atoms with Gasteiger partial charge in [-0.2, -0.15) is 0 Å². The zero-order valence-electron chi connectivity index (χ0n) is 17.1. The summed E-state index contributed by atoms with van der Waals surface area (Å²) in [6.07, 6.45) is 1.55. The number of nitrogens with zero attached hydrogens (tertiary/aromatic N) is 1. The Hall–Kier alpha value is -2.77. The van der Waals surface area contributed by atoms with Crippen molar-refractivity contribution in [2.24, 2.45) is 0 Å². The molecule has 0 unspecified atom stereocenters. The van der Waals surface area contributed by atoms with Gasteiger partial charge in [0, 0.05) is 24.7 Å². The minimum Gasteiger partial charge on any atom is -0.493 e. The fraction of sp³-hybridized carbons (Fsp3) is 0.364. The summed E-state index contributed by atoms with van der Waals surface area (Å²) < 4.78 is 10.5. The zero-order valence-corrected chi connectivity index (χ0v) is 17.9. The van der Waals surface area contributed by atoms with Crippen LogP contribution in [-0.4, -0.2) is 56.6 Å². The molecule has 7 nitrogen and oxygen atoms in total. The summed E-state index contributed by atoms with van der Waals surface area (Å²) in [4.78, 5) is 26.9. The summed E-state index contributed by atoms with van der Waals surface area (Å²) >= 11 is 6.08. The number of halogens is 1. The van der Waals surface area contributed by atoms with E-state index in [0.717, 1.165) is 25.9 Å². The van der Waals surface area contributed by atoms with Gasteiger partial charge in [-0.1, -0.05) is 23.7 Å². The van der Waals surface area contributed by atoms with Gasteiger partial charge in [0.15, 0.2) is 11.5 Å². The van der Waals surface area contributed by atoms with E-state index in [4.69, 9.17) is 21.1 Å². The molecule has 2 N–H and O–H groups in total. The highest BCUT2D eigenvalue weighted by Gasteiger charge is 2.23. The molecule has 1 heterocycles. The maximum absolute atomic E-state index is 12.6. The SMILES string of the molecule is COc1ccc(C(=O)NC2CCN(CC(=O)Nc3ccccc3Cl)CC2)cc1OC. The number of hydrogen-bond acceptors (Lipinski definition) is 5. The molecular weight excluding hydrogens is 406 g/mol. The van der Waals surface area contributed by atoms with Crippen LogP contribution in [0.5, 0.6) is 11.5 Å². The van der Waals surface area contributed by atoms with Gasteiger partial charge in [-0.25, -0.2) is 0 Å². The second-order valence-electron chi connectivity index (χ2n) is 7.12. The molecule has 8 heteroatoms. The van der Waals surface area contributed by atoms with E-state index in [-0.39, 0.29) is 17.9 Å². The third-order valence-corrected chi connectivity index (χ3v) is 5.41. The molecule has 1 saturated heterocycles. The number of amides is 2. The van der Waals surface area contributed by atoms with Crippen LogP contribution in [0, 0.1) is 0 Å². The molecule has 160 valence electrons. The van der Waals surface area contributed by atoms with Gasteiger partial charge in [0.2, 0.25) is 5.91 Å². The quantitative estimate of drug-likeness (QED) is 0.703. The lowest BCUT2D eigenvalue weighted by molar-refractivity contribution is -0.117. The minimum atomic E-state index is -0.147. The molecule has 2 aromatic rings. The molecule has 30 heavy (non-hydrogen) atoms. The Labute approximate surface area is 181 Å². The molecule has 3 rings (SSSR count). The number of benzene rings is 2. The number of methoxy groups -OCH3 is 2. The number of para-hydroxylation sites is 1. The van der Waals surface area contributed by atoms with Crippen LogP contribution in [0.1, 0.15) is 23.2 Å². The van der Waals surface area contributed by atoms with E-state index >= 15 is 0 Å². The number of anilines is 1. The number of hydrogen-bond donors (Lipinski definition) is 2. The maximum atomic E-state index is 12.6. The fourth-order valence-electron chi connectivity index (χ4n) is 3.44. The van der Waals surface area contributed by atoms with Crippen molar-refractivity contribution in [1.29, 1.82) is 0 Å². The number of ether oxygens (including phenoxy) is 2. The largest absolute Gasteiger partial charge is 0.493 e. The summed E-state index contributed by atoms with van der Waals surface area (Å²) in [5.41, 5.74) is 1.13. The molecule has 1 aliphatic heterocycles. The first kappa shape index (κ1) is 21.9. The fourth-order valence-corrected chi connectivity index (χ4v) is 3.62. The van der Waals surface area contributed by atoms with E-state index in [1.54, 1.807) is 37.4 Å². The van der Waals surface area contributed by atoms with Crippen LogP contribution in [0.3, 0.4) is 0 Å². The van der Waals surface area contributed by atoms with E-state index in [9.17, 15) is 9.59 Å². The van der Waals surface area contributed by atoms with Crippen molar-refractivity contribution in [3.05, 3.63) is 53.1 Å². The molecule has 2 aromatic carbocycles. The molecule has 0 atom stereocenters. The van der Waals surface area contributed by atoms with Crippen molar-refractivity contribution < 1.29 is 19.1 Å². The topological polar surface area (TPSA) is 79.9 Å². The summed E-state index contributed by atoms with van der Waals surface area (Å²) in [7, 11) is 3.09. The average Bonchev–Trinajstić information content (AvgIpc) is 2.76. The van der Waals surface area contributed by atoms with E-state index < -0.39 is 0 Å². The molecule has 0 radical (unpaired) electrons. The van der Waals surface area contributed by atoms with Gasteiger partial charge in [0.1, 0.15) is 0 Å². The Balaban J connectivity index is 1.47. The van der Waals surface area contributed by atoms with Crippen LogP contribution >= 0.6 is 11.6 Å². The highest BCUT2D eigenvalue weighted by molar-refractivity contribution is 6.33. The Bertz CT molecular complexity index is 898. The van der Waals surface area contributed by atoms with Crippen LogP contribution in [0.25, 0.3) is 0 Å². The van der Waals surface area contributed by atoms with Gasteiger partial charge < -0.3 is 20.1 Å². The molecule has 1 aliphatic rings. The summed E-state index contributed by atoms with van der Waals surface area (Å²) in [5.74, 6) is 0.851. The van der Waals surface area contributed by atoms with Crippen molar-refractivity contribution >= 4 is 29.1 Å². The predicted molar refractivity (Wildman–Crippen MR) is 117 cm³/mol. The standard InChI is InChI=1S/C22H26ClN3O4/c1-29-19-8-7-15(13-20(19)30-2)22(28)24-16-9-11-26(12-10-16)14-21(27)25-18-6-4-3-5-17(18)23/h3-8,13,16H,9-12,14H2,1-2H3,(H,24,28)(H,25,27). The van der Waals surface area contributed by atoms with Gasteiger partial charge in [-0.3, -0.25) is 14.5 Å². The summed E-state index contributed by atoms with van der Waals surface area (Å²) in [5, 5.41) is 6.42. The normalized spacial score (nSPS) is 14.8. The molecular formula is C22H26ClN3O4. The molecule has 0 saturated carbocycles. The highest BCUT2D eigenvalue weighted by atomic mass is 35.5. The average molecular weight is 432 g/mol. The van der Waals surface area contributed by atoms with E-state index in [0.29, 0.717) is 34.3 Å². The van der Waals surface area contributed by atoms with Gasteiger partial charge >= 0.3 is 0 Å². The number of carbonyl (C=O) groups is 2. The zero-order chi connectivity index (χ0) is 21.5. The maximum Gasteiger partial charge on any atom is 0.251 e. The van der Waals surface area contributed by atoms with Gasteiger partial charge in [0.05, 0.1) is 31.5 Å². The van der Waals surface area contributed by atoms with Crippen LogP contribution in [0.15, 0.2) is 42.5 Å². The Morgan fingerprint density at radius 1 is 1.07 bits per heavy atom. The first-order valence-electron chi connectivity index (χ1n) is 9.79.